The van der Waals surface area contributed by atoms with Gasteiger partial charge in [0.05, 0.1) is 5.69 Å². The zero-order valence-electron chi connectivity index (χ0n) is 43.8. The van der Waals surface area contributed by atoms with E-state index in [4.69, 9.17) is 0 Å². The maximum atomic E-state index is 2.72. The van der Waals surface area contributed by atoms with E-state index in [9.17, 15) is 0 Å². The second-order valence-corrected chi connectivity index (χ2v) is 25.6. The van der Waals surface area contributed by atoms with Gasteiger partial charge in [0.1, 0.15) is 0 Å². The molecule has 0 amide bonds. The normalized spacial score (nSPS) is 17.7. The molecule has 68 heavy (non-hydrogen) atoms. The maximum Gasteiger partial charge on any atom is 0.252 e. The summed E-state index contributed by atoms with van der Waals surface area (Å²) in [4.78, 5) is 5.36. The van der Waals surface area contributed by atoms with Crippen LogP contribution >= 0.6 is 0 Å². The van der Waals surface area contributed by atoms with E-state index in [1.165, 1.54) is 117 Å². The lowest BCUT2D eigenvalue weighted by molar-refractivity contribution is 0.403. The average Bonchev–Trinajstić information content (AvgIpc) is 3.45. The molecule has 7 aromatic carbocycles. The number of hydrogen-bond acceptors (Lipinski definition) is 2. The predicted octanol–water partition coefficient (Wildman–Crippen LogP) is 15.6. The molecule has 0 saturated carbocycles. The van der Waals surface area contributed by atoms with Gasteiger partial charge in [-0.05, 0) is 162 Å². The molecule has 0 atom stereocenters. The molecular formula is C65H71BN2. The highest BCUT2D eigenvalue weighted by Gasteiger charge is 2.49. The lowest BCUT2D eigenvalue weighted by atomic mass is 9.33. The van der Waals surface area contributed by atoms with Crippen molar-refractivity contribution in [2.75, 3.05) is 9.80 Å². The van der Waals surface area contributed by atoms with Crippen molar-refractivity contribution >= 4 is 57.2 Å². The van der Waals surface area contributed by atoms with Crippen molar-refractivity contribution in [2.24, 2.45) is 0 Å². The van der Waals surface area contributed by atoms with Gasteiger partial charge >= 0.3 is 0 Å². The third kappa shape index (κ3) is 6.43. The standard InChI is InChI=1S/C65H71BN2/c1-39-30-57-59-58(31-39)68(55-37-50-49(32-40(55)2)64(13,14)45-24-20-21-25-46(45)65(50,15)16)56-36-48-47(62(9,10)38-63(48,11)12)35-52(56)66(59)51-34-43(61(6,7)8)27-29-54(51)67(57)53-28-26-42(60(3,4)5)33-44(53)41-22-18-17-19-23-41/h17-37H,38H2,1-16H3. The molecule has 0 bridgehead atoms. The minimum Gasteiger partial charge on any atom is -0.311 e. The van der Waals surface area contributed by atoms with Gasteiger partial charge in [0.25, 0.3) is 6.71 Å². The molecule has 344 valence electrons. The van der Waals surface area contributed by atoms with Crippen LogP contribution in [0, 0.1) is 13.8 Å². The van der Waals surface area contributed by atoms with Crippen molar-refractivity contribution < 1.29 is 0 Å². The van der Waals surface area contributed by atoms with Crippen LogP contribution in [0.4, 0.5) is 34.1 Å². The summed E-state index contributed by atoms with van der Waals surface area (Å²) in [7, 11) is 0. The summed E-state index contributed by atoms with van der Waals surface area (Å²) in [5.74, 6) is 0. The lowest BCUT2D eigenvalue weighted by Crippen LogP contribution is -2.62. The fourth-order valence-corrected chi connectivity index (χ4v) is 13.5. The van der Waals surface area contributed by atoms with E-state index in [0.717, 1.165) is 6.42 Å². The largest absolute Gasteiger partial charge is 0.311 e. The van der Waals surface area contributed by atoms with Crippen molar-refractivity contribution in [3.05, 3.63) is 183 Å². The summed E-state index contributed by atoms with van der Waals surface area (Å²) >= 11 is 0. The van der Waals surface area contributed by atoms with E-state index in [1.54, 1.807) is 0 Å². The Hall–Kier alpha value is -5.80. The molecule has 3 heteroatoms. The van der Waals surface area contributed by atoms with Gasteiger partial charge in [-0.25, -0.2) is 0 Å². The zero-order chi connectivity index (χ0) is 48.4. The third-order valence-electron chi connectivity index (χ3n) is 16.9. The number of anilines is 6. The summed E-state index contributed by atoms with van der Waals surface area (Å²) in [5, 5.41) is 0. The van der Waals surface area contributed by atoms with Crippen molar-refractivity contribution in [3.8, 4) is 11.1 Å². The first-order chi connectivity index (χ1) is 31.8. The zero-order valence-corrected chi connectivity index (χ0v) is 43.8. The van der Waals surface area contributed by atoms with Crippen LogP contribution in [-0.4, -0.2) is 6.71 Å². The minimum atomic E-state index is -0.187. The van der Waals surface area contributed by atoms with Gasteiger partial charge in [-0.1, -0.05) is 182 Å². The monoisotopic (exact) mass is 891 g/mol. The molecule has 4 aliphatic rings. The molecule has 2 aliphatic heterocycles. The Balaban J connectivity index is 1.27. The van der Waals surface area contributed by atoms with E-state index >= 15 is 0 Å². The highest BCUT2D eigenvalue weighted by atomic mass is 15.2. The third-order valence-corrected chi connectivity index (χ3v) is 16.9. The van der Waals surface area contributed by atoms with Crippen LogP contribution in [0.25, 0.3) is 11.1 Å². The number of benzene rings is 7. The average molecular weight is 891 g/mol. The van der Waals surface area contributed by atoms with Crippen LogP contribution < -0.4 is 26.2 Å². The Labute approximate surface area is 408 Å². The topological polar surface area (TPSA) is 6.48 Å². The molecule has 0 fully saturated rings. The summed E-state index contributed by atoms with van der Waals surface area (Å²) in [6, 6.07) is 50.5. The molecule has 0 aromatic heterocycles. The SMILES string of the molecule is Cc1cc2c3c(c1)N(c1ccc(C(C)(C)C)cc1-c1ccccc1)c1ccc(C(C)(C)C)cc1B3c1cc3c(cc1N2c1cc2c(cc1C)C(C)(C)c1ccccc1C2(C)C)C(C)(C)CC3(C)C. The Bertz CT molecular complexity index is 3260. The predicted molar refractivity (Wildman–Crippen MR) is 294 cm³/mol. The lowest BCUT2D eigenvalue weighted by Gasteiger charge is -2.47. The molecular weight excluding hydrogens is 820 g/mol. The second kappa shape index (κ2) is 14.4. The van der Waals surface area contributed by atoms with Crippen LogP contribution in [-0.2, 0) is 32.5 Å². The molecule has 2 nitrogen and oxygen atoms in total. The fourth-order valence-electron chi connectivity index (χ4n) is 13.5. The molecule has 0 radical (unpaired) electrons. The first-order valence-corrected chi connectivity index (χ1v) is 25.3. The van der Waals surface area contributed by atoms with E-state index in [0.29, 0.717) is 0 Å². The molecule has 0 unspecified atom stereocenters. The van der Waals surface area contributed by atoms with E-state index in [1.807, 2.05) is 0 Å². The first-order valence-electron chi connectivity index (χ1n) is 25.3. The van der Waals surface area contributed by atoms with Gasteiger partial charge in [-0.15, -0.1) is 0 Å². The molecule has 11 rings (SSSR count). The first kappa shape index (κ1) is 44.7. The van der Waals surface area contributed by atoms with Gasteiger partial charge in [0, 0.05) is 44.8 Å². The van der Waals surface area contributed by atoms with Crippen LogP contribution in [0.5, 0.6) is 0 Å². The van der Waals surface area contributed by atoms with E-state index in [-0.39, 0.29) is 39.2 Å². The molecule has 2 heterocycles. The number of hydrogen-bond donors (Lipinski definition) is 0. The summed E-state index contributed by atoms with van der Waals surface area (Å²) in [6.45, 7) is 38.5. The van der Waals surface area contributed by atoms with Gasteiger partial charge in [0.15, 0.2) is 0 Å². The molecule has 0 N–H and O–H groups in total. The van der Waals surface area contributed by atoms with Crippen LogP contribution in [0.2, 0.25) is 0 Å². The van der Waals surface area contributed by atoms with E-state index in [2.05, 4.69) is 248 Å². The van der Waals surface area contributed by atoms with Crippen LogP contribution in [0.1, 0.15) is 159 Å². The van der Waals surface area contributed by atoms with Crippen molar-refractivity contribution in [3.63, 3.8) is 0 Å². The van der Waals surface area contributed by atoms with Crippen molar-refractivity contribution in [1.29, 1.82) is 0 Å². The fraction of sp³-hybridized carbons (Fsp3) is 0.354. The summed E-state index contributed by atoms with van der Waals surface area (Å²) < 4.78 is 0. The maximum absolute atomic E-state index is 2.72. The van der Waals surface area contributed by atoms with Gasteiger partial charge in [-0.2, -0.15) is 0 Å². The van der Waals surface area contributed by atoms with Gasteiger partial charge < -0.3 is 9.80 Å². The molecule has 2 aliphatic carbocycles. The summed E-state index contributed by atoms with van der Waals surface area (Å²) in [5.41, 5.74) is 27.9. The Morgan fingerprint density at radius 3 is 1.50 bits per heavy atom. The van der Waals surface area contributed by atoms with Crippen LogP contribution in [0.3, 0.4) is 0 Å². The smallest absolute Gasteiger partial charge is 0.252 e. The van der Waals surface area contributed by atoms with Gasteiger partial charge in [0.2, 0.25) is 0 Å². The number of fused-ring (bicyclic) bond motifs is 7. The Morgan fingerprint density at radius 2 is 0.912 bits per heavy atom. The second-order valence-electron chi connectivity index (χ2n) is 25.6. The highest BCUT2D eigenvalue weighted by Crippen LogP contribution is 2.56. The minimum absolute atomic E-state index is 0.0114. The highest BCUT2D eigenvalue weighted by molar-refractivity contribution is 7.00. The summed E-state index contributed by atoms with van der Waals surface area (Å²) in [6.07, 6.45) is 1.12. The van der Waals surface area contributed by atoms with Gasteiger partial charge in [-0.3, -0.25) is 0 Å². The molecule has 7 aromatic rings. The molecule has 0 spiro atoms. The Kier molecular flexibility index (Phi) is 9.45. The molecule has 0 saturated heterocycles. The van der Waals surface area contributed by atoms with Crippen molar-refractivity contribution in [1.82, 2.24) is 0 Å². The van der Waals surface area contributed by atoms with Crippen molar-refractivity contribution in [2.45, 2.75) is 150 Å². The van der Waals surface area contributed by atoms with Crippen LogP contribution in [0.15, 0.2) is 127 Å². The number of nitrogens with zero attached hydrogens (tertiary/aromatic N) is 2. The Morgan fingerprint density at radius 1 is 0.426 bits per heavy atom. The van der Waals surface area contributed by atoms with E-state index < -0.39 is 0 Å². The number of aryl methyl sites for hydroxylation is 2. The number of rotatable bonds is 3. The quantitative estimate of drug-likeness (QED) is 0.163.